The summed E-state index contributed by atoms with van der Waals surface area (Å²) in [5.41, 5.74) is 1.07. The maximum absolute atomic E-state index is 5.22. The van der Waals surface area contributed by atoms with Gasteiger partial charge in [-0.25, -0.2) is 0 Å². The van der Waals surface area contributed by atoms with E-state index in [0.29, 0.717) is 6.04 Å². The van der Waals surface area contributed by atoms with Crippen LogP contribution in [-0.4, -0.2) is 49.3 Å². The van der Waals surface area contributed by atoms with Crippen LogP contribution in [0.3, 0.4) is 0 Å². The second-order valence-electron chi connectivity index (χ2n) is 5.10. The highest BCUT2D eigenvalue weighted by Crippen LogP contribution is 2.21. The molecule has 2 rings (SSSR count). The number of halogens is 2. The third-order valence-corrected chi connectivity index (χ3v) is 4.63. The van der Waals surface area contributed by atoms with Gasteiger partial charge < -0.3 is 10.1 Å². The quantitative estimate of drug-likeness (QED) is 0.755. The fourth-order valence-electron chi connectivity index (χ4n) is 2.45. The minimum Gasteiger partial charge on any atom is -0.383 e. The van der Waals surface area contributed by atoms with Gasteiger partial charge in [-0.3, -0.25) is 9.88 Å². The van der Waals surface area contributed by atoms with Crippen molar-refractivity contribution in [1.29, 1.82) is 0 Å². The van der Waals surface area contributed by atoms with E-state index in [1.807, 2.05) is 12.3 Å². The second-order valence-corrected chi connectivity index (χ2v) is 6.87. The van der Waals surface area contributed by atoms with Crippen LogP contribution in [0.4, 0.5) is 0 Å². The molecule has 1 aromatic heterocycles. The molecule has 20 heavy (non-hydrogen) atoms. The first-order valence-corrected chi connectivity index (χ1v) is 8.52. The molecule has 0 bridgehead atoms. The number of ether oxygens (including phenoxy) is 1. The van der Waals surface area contributed by atoms with E-state index < -0.39 is 0 Å². The summed E-state index contributed by atoms with van der Waals surface area (Å²) in [5.74, 6) is 0. The summed E-state index contributed by atoms with van der Waals surface area (Å²) in [4.78, 5) is 6.91. The SMILES string of the molecule is COCCN(Cc1ncc(Br)cc1Br)CC1CCCN1. The molecule has 1 fully saturated rings. The third kappa shape index (κ3) is 5.07. The van der Waals surface area contributed by atoms with Crippen LogP contribution in [0.5, 0.6) is 0 Å². The molecule has 1 atom stereocenters. The van der Waals surface area contributed by atoms with Crippen LogP contribution in [-0.2, 0) is 11.3 Å². The van der Waals surface area contributed by atoms with Crippen molar-refractivity contribution in [3.8, 4) is 0 Å². The van der Waals surface area contributed by atoms with Crippen molar-refractivity contribution in [2.45, 2.75) is 25.4 Å². The van der Waals surface area contributed by atoms with Crippen molar-refractivity contribution in [1.82, 2.24) is 15.2 Å². The number of nitrogens with zero attached hydrogens (tertiary/aromatic N) is 2. The van der Waals surface area contributed by atoms with Gasteiger partial charge in [0, 0.05) is 47.9 Å². The number of nitrogens with one attached hydrogen (secondary N) is 1. The molecule has 4 nitrogen and oxygen atoms in total. The van der Waals surface area contributed by atoms with Gasteiger partial charge in [0.2, 0.25) is 0 Å². The monoisotopic (exact) mass is 405 g/mol. The molecular formula is C14H21Br2N3O. The van der Waals surface area contributed by atoms with Gasteiger partial charge in [0.05, 0.1) is 12.3 Å². The Bertz CT molecular complexity index is 425. The maximum atomic E-state index is 5.22. The molecular weight excluding hydrogens is 386 g/mol. The molecule has 1 N–H and O–H groups in total. The first-order valence-electron chi connectivity index (χ1n) is 6.93. The van der Waals surface area contributed by atoms with Gasteiger partial charge in [0.15, 0.2) is 0 Å². The lowest BCUT2D eigenvalue weighted by Gasteiger charge is -2.25. The van der Waals surface area contributed by atoms with Crippen molar-refractivity contribution >= 4 is 31.9 Å². The predicted molar refractivity (Wildman–Crippen MR) is 87.8 cm³/mol. The molecule has 0 spiro atoms. The largest absolute Gasteiger partial charge is 0.383 e. The van der Waals surface area contributed by atoms with Crippen LogP contribution in [0.15, 0.2) is 21.2 Å². The minimum atomic E-state index is 0.598. The Balaban J connectivity index is 1.97. The number of hydrogen-bond donors (Lipinski definition) is 1. The highest BCUT2D eigenvalue weighted by molar-refractivity contribution is 9.11. The van der Waals surface area contributed by atoms with Crippen molar-refractivity contribution in [3.05, 3.63) is 26.9 Å². The standard InChI is InChI=1S/C14H21Br2N3O/c1-20-6-5-19(9-12-3-2-4-17-12)10-14-13(16)7-11(15)8-18-14/h7-8,12,17H,2-6,9-10H2,1H3. The fourth-order valence-corrected chi connectivity index (χ4v) is 3.56. The maximum Gasteiger partial charge on any atom is 0.0686 e. The molecule has 0 aromatic carbocycles. The molecule has 2 heterocycles. The molecule has 1 unspecified atom stereocenters. The molecule has 1 aromatic rings. The molecule has 1 aliphatic rings. The summed E-state index contributed by atoms with van der Waals surface area (Å²) in [7, 11) is 1.75. The van der Waals surface area contributed by atoms with Gasteiger partial charge in [-0.1, -0.05) is 0 Å². The topological polar surface area (TPSA) is 37.4 Å². The summed E-state index contributed by atoms with van der Waals surface area (Å²) >= 11 is 7.03. The zero-order valence-electron chi connectivity index (χ0n) is 11.7. The van der Waals surface area contributed by atoms with Gasteiger partial charge in [0.25, 0.3) is 0 Å². The Morgan fingerprint density at radius 1 is 1.50 bits per heavy atom. The molecule has 1 saturated heterocycles. The van der Waals surface area contributed by atoms with Gasteiger partial charge in [-0.15, -0.1) is 0 Å². The van der Waals surface area contributed by atoms with Crippen LogP contribution < -0.4 is 5.32 Å². The zero-order chi connectivity index (χ0) is 14.4. The molecule has 0 saturated carbocycles. The van der Waals surface area contributed by atoms with Crippen LogP contribution >= 0.6 is 31.9 Å². The van der Waals surface area contributed by atoms with Crippen LogP contribution in [0.2, 0.25) is 0 Å². The van der Waals surface area contributed by atoms with E-state index in [2.05, 4.69) is 47.1 Å². The molecule has 0 aliphatic carbocycles. The number of hydrogen-bond acceptors (Lipinski definition) is 4. The van der Waals surface area contributed by atoms with Crippen molar-refractivity contribution in [2.75, 3.05) is 33.4 Å². The van der Waals surface area contributed by atoms with E-state index in [9.17, 15) is 0 Å². The van der Waals surface area contributed by atoms with Crippen LogP contribution in [0.25, 0.3) is 0 Å². The highest BCUT2D eigenvalue weighted by atomic mass is 79.9. The Kier molecular flexibility index (Phi) is 6.90. The summed E-state index contributed by atoms with van der Waals surface area (Å²) < 4.78 is 7.27. The lowest BCUT2D eigenvalue weighted by atomic mass is 10.2. The Morgan fingerprint density at radius 3 is 3.00 bits per heavy atom. The van der Waals surface area contributed by atoms with Crippen molar-refractivity contribution in [3.63, 3.8) is 0 Å². The molecule has 0 radical (unpaired) electrons. The Hall–Kier alpha value is -0.0100. The van der Waals surface area contributed by atoms with Gasteiger partial charge in [0.1, 0.15) is 0 Å². The van der Waals surface area contributed by atoms with E-state index in [4.69, 9.17) is 4.74 Å². The van der Waals surface area contributed by atoms with Gasteiger partial charge >= 0.3 is 0 Å². The zero-order valence-corrected chi connectivity index (χ0v) is 14.9. The lowest BCUT2D eigenvalue weighted by molar-refractivity contribution is 0.137. The fraction of sp³-hybridized carbons (Fsp3) is 0.643. The molecule has 1 aliphatic heterocycles. The summed E-state index contributed by atoms with van der Waals surface area (Å²) in [5, 5.41) is 3.55. The summed E-state index contributed by atoms with van der Waals surface area (Å²) in [6, 6.07) is 2.64. The number of methoxy groups -OCH3 is 1. The Labute approximate surface area is 137 Å². The smallest absolute Gasteiger partial charge is 0.0686 e. The van der Waals surface area contributed by atoms with Crippen molar-refractivity contribution < 1.29 is 4.74 Å². The van der Waals surface area contributed by atoms with E-state index in [1.54, 1.807) is 7.11 Å². The lowest BCUT2D eigenvalue weighted by Crippen LogP contribution is -2.39. The first-order chi connectivity index (χ1) is 9.69. The Morgan fingerprint density at radius 2 is 2.35 bits per heavy atom. The van der Waals surface area contributed by atoms with Crippen LogP contribution in [0.1, 0.15) is 18.5 Å². The number of pyridine rings is 1. The average molecular weight is 407 g/mol. The molecule has 6 heteroatoms. The third-order valence-electron chi connectivity index (χ3n) is 3.51. The molecule has 112 valence electrons. The van der Waals surface area contributed by atoms with E-state index in [0.717, 1.165) is 47.4 Å². The van der Waals surface area contributed by atoms with Crippen LogP contribution in [0, 0.1) is 0 Å². The molecule has 0 amide bonds. The number of rotatable bonds is 7. The highest BCUT2D eigenvalue weighted by Gasteiger charge is 2.19. The predicted octanol–water partition coefficient (Wildman–Crippen LogP) is 2.81. The van der Waals surface area contributed by atoms with Gasteiger partial charge in [-0.2, -0.15) is 0 Å². The second kappa shape index (κ2) is 8.44. The van der Waals surface area contributed by atoms with E-state index in [1.165, 1.54) is 12.8 Å². The van der Waals surface area contributed by atoms with Crippen molar-refractivity contribution in [2.24, 2.45) is 0 Å². The first kappa shape index (κ1) is 16.4. The normalized spacial score (nSPS) is 18.9. The minimum absolute atomic E-state index is 0.598. The van der Waals surface area contributed by atoms with E-state index in [-0.39, 0.29) is 0 Å². The van der Waals surface area contributed by atoms with Gasteiger partial charge in [-0.05, 0) is 57.3 Å². The van der Waals surface area contributed by atoms with E-state index >= 15 is 0 Å². The summed E-state index contributed by atoms with van der Waals surface area (Å²) in [6.07, 6.45) is 4.39. The summed E-state index contributed by atoms with van der Waals surface area (Å²) in [6.45, 7) is 4.71. The number of aromatic nitrogens is 1. The average Bonchev–Trinajstić information content (AvgIpc) is 2.92.